The van der Waals surface area contributed by atoms with Crippen LogP contribution in [0.3, 0.4) is 0 Å². The average Bonchev–Trinajstić information content (AvgIpc) is 2.77. The molecule has 0 aromatic carbocycles. The molecule has 0 saturated carbocycles. The Morgan fingerprint density at radius 1 is 1.56 bits per heavy atom. The highest BCUT2D eigenvalue weighted by molar-refractivity contribution is 7.15. The third-order valence-corrected chi connectivity index (χ3v) is 2.74. The van der Waals surface area contributed by atoms with Gasteiger partial charge in [-0.05, 0) is 0 Å². The molecule has 8 nitrogen and oxygen atoms in total. The minimum Gasteiger partial charge on any atom is -0.368 e. The molecule has 0 aliphatic heterocycles. The fourth-order valence-corrected chi connectivity index (χ4v) is 1.88. The van der Waals surface area contributed by atoms with Crippen molar-refractivity contribution < 1.29 is 14.4 Å². The molecule has 2 aromatic heterocycles. The first-order valence-corrected chi connectivity index (χ1v) is 5.63. The largest absolute Gasteiger partial charge is 0.368 e. The van der Waals surface area contributed by atoms with Crippen LogP contribution in [-0.2, 0) is 9.63 Å². The number of nitrogens with two attached hydrogens (primary N) is 1. The van der Waals surface area contributed by atoms with Gasteiger partial charge in [-0.25, -0.2) is 10.5 Å². The van der Waals surface area contributed by atoms with Crippen LogP contribution in [0.1, 0.15) is 10.4 Å². The molecule has 2 heterocycles. The van der Waals surface area contributed by atoms with Crippen molar-refractivity contribution >= 4 is 28.1 Å². The van der Waals surface area contributed by atoms with Gasteiger partial charge < -0.3 is 5.73 Å². The first-order valence-electron chi connectivity index (χ1n) is 4.75. The van der Waals surface area contributed by atoms with Crippen LogP contribution in [0.25, 0.3) is 4.96 Å². The highest BCUT2D eigenvalue weighted by Crippen LogP contribution is 2.05. The van der Waals surface area contributed by atoms with Gasteiger partial charge in [0.1, 0.15) is 5.56 Å². The zero-order valence-corrected chi connectivity index (χ0v) is 9.77. The van der Waals surface area contributed by atoms with Crippen molar-refractivity contribution in [2.45, 2.75) is 0 Å². The number of hydroxylamine groups is 1. The lowest BCUT2D eigenvalue weighted by molar-refractivity contribution is -0.124. The topological polar surface area (TPSA) is 116 Å². The van der Waals surface area contributed by atoms with E-state index in [2.05, 4.69) is 9.82 Å². The minimum atomic E-state index is -0.783. The quantitative estimate of drug-likeness (QED) is 0.683. The number of thiazole rings is 1. The van der Waals surface area contributed by atoms with Gasteiger partial charge >= 0.3 is 0 Å². The Bertz CT molecular complexity index is 662. The number of nitrogens with zero attached hydrogens (tertiary/aromatic N) is 2. The highest BCUT2D eigenvalue weighted by atomic mass is 32.1. The average molecular weight is 268 g/mol. The monoisotopic (exact) mass is 268 g/mol. The number of primary amides is 1. The van der Waals surface area contributed by atoms with E-state index < -0.39 is 24.0 Å². The molecule has 0 fully saturated rings. The number of hydrogen-bond acceptors (Lipinski definition) is 6. The maximum absolute atomic E-state index is 11.8. The molecule has 0 aliphatic carbocycles. The fourth-order valence-electron chi connectivity index (χ4n) is 1.21. The molecule has 0 unspecified atom stereocenters. The first kappa shape index (κ1) is 12.2. The molecular weight excluding hydrogens is 260 g/mol. The first-order chi connectivity index (χ1) is 8.59. The van der Waals surface area contributed by atoms with Gasteiger partial charge in [-0.3, -0.25) is 23.6 Å². The summed E-state index contributed by atoms with van der Waals surface area (Å²) in [4.78, 5) is 42.8. The Hall–Kier alpha value is -2.26. The third-order valence-electron chi connectivity index (χ3n) is 1.97. The van der Waals surface area contributed by atoms with Crippen LogP contribution < -0.4 is 16.8 Å². The second kappa shape index (κ2) is 4.94. The summed E-state index contributed by atoms with van der Waals surface area (Å²) in [5, 5.41) is 1.68. The minimum absolute atomic E-state index is 0.185. The van der Waals surface area contributed by atoms with Crippen molar-refractivity contribution in [3.8, 4) is 0 Å². The molecule has 0 atom stereocenters. The van der Waals surface area contributed by atoms with Gasteiger partial charge in [-0.1, -0.05) is 0 Å². The van der Waals surface area contributed by atoms with E-state index in [1.807, 2.05) is 5.48 Å². The molecule has 9 heteroatoms. The van der Waals surface area contributed by atoms with Crippen LogP contribution in [0.5, 0.6) is 0 Å². The van der Waals surface area contributed by atoms with Gasteiger partial charge in [0.15, 0.2) is 11.6 Å². The van der Waals surface area contributed by atoms with Crippen molar-refractivity contribution in [1.82, 2.24) is 14.9 Å². The standard InChI is InChI=1S/C9H8N4O4S/c10-6(14)4-17-12-7(15)5-3-11-9-13(8(5)16)1-2-18-9/h1-3H,4H2,(H2,10,14)(H,12,15). The molecule has 2 amide bonds. The molecule has 0 saturated heterocycles. The Kier molecular flexibility index (Phi) is 3.35. The number of nitrogens with one attached hydrogen (secondary N) is 1. The maximum Gasteiger partial charge on any atom is 0.282 e. The molecule has 3 N–H and O–H groups in total. The van der Waals surface area contributed by atoms with Crippen LogP contribution in [0.2, 0.25) is 0 Å². The van der Waals surface area contributed by atoms with E-state index in [4.69, 9.17) is 5.73 Å². The number of hydrogen-bond donors (Lipinski definition) is 2. The number of aromatic nitrogens is 2. The van der Waals surface area contributed by atoms with Gasteiger partial charge in [0.05, 0.1) is 0 Å². The molecule has 18 heavy (non-hydrogen) atoms. The van der Waals surface area contributed by atoms with Gasteiger partial charge in [0.25, 0.3) is 11.5 Å². The Morgan fingerprint density at radius 2 is 2.33 bits per heavy atom. The normalized spacial score (nSPS) is 10.4. The van der Waals surface area contributed by atoms with Crippen molar-refractivity contribution in [2.75, 3.05) is 6.61 Å². The second-order valence-corrected chi connectivity index (χ2v) is 4.09. The SMILES string of the molecule is NC(=O)CONC(=O)c1cnc2sccn2c1=O. The van der Waals surface area contributed by atoms with E-state index in [0.717, 1.165) is 6.20 Å². The molecule has 0 aliphatic rings. The summed E-state index contributed by atoms with van der Waals surface area (Å²) < 4.78 is 1.24. The number of carbonyl (C=O) groups is 2. The van der Waals surface area contributed by atoms with E-state index >= 15 is 0 Å². The molecular formula is C9H8N4O4S. The van der Waals surface area contributed by atoms with Crippen molar-refractivity contribution in [3.05, 3.63) is 33.7 Å². The summed E-state index contributed by atoms with van der Waals surface area (Å²) in [5.74, 6) is -1.52. The van der Waals surface area contributed by atoms with Crippen LogP contribution >= 0.6 is 11.3 Å². The summed E-state index contributed by atoms with van der Waals surface area (Å²) in [5.41, 5.74) is 6.06. The predicted octanol–water partition coefficient (Wildman–Crippen LogP) is -1.10. The fraction of sp³-hybridized carbons (Fsp3) is 0.111. The summed E-state index contributed by atoms with van der Waals surface area (Å²) in [6, 6.07) is 0. The maximum atomic E-state index is 11.8. The lowest BCUT2D eigenvalue weighted by atomic mass is 10.3. The van der Waals surface area contributed by atoms with Crippen LogP contribution in [0.4, 0.5) is 0 Å². The molecule has 0 radical (unpaired) electrons. The highest BCUT2D eigenvalue weighted by Gasteiger charge is 2.13. The molecule has 94 valence electrons. The van der Waals surface area contributed by atoms with Crippen LogP contribution in [0, 0.1) is 0 Å². The second-order valence-electron chi connectivity index (χ2n) is 3.22. The van der Waals surface area contributed by atoms with Gasteiger partial charge in [-0.15, -0.1) is 11.3 Å². The number of carbonyl (C=O) groups excluding carboxylic acids is 2. The summed E-state index contributed by atoms with van der Waals surface area (Å²) >= 11 is 1.27. The summed E-state index contributed by atoms with van der Waals surface area (Å²) in [6.07, 6.45) is 2.66. The summed E-state index contributed by atoms with van der Waals surface area (Å²) in [7, 11) is 0. The molecule has 0 spiro atoms. The van der Waals surface area contributed by atoms with Crippen LogP contribution in [0.15, 0.2) is 22.6 Å². The Morgan fingerprint density at radius 3 is 3.06 bits per heavy atom. The van der Waals surface area contributed by atoms with E-state index in [1.54, 1.807) is 5.38 Å². The third kappa shape index (κ3) is 2.36. The zero-order chi connectivity index (χ0) is 13.1. The lowest BCUT2D eigenvalue weighted by Gasteiger charge is -2.03. The van der Waals surface area contributed by atoms with Gasteiger partial charge in [0, 0.05) is 17.8 Å². The van der Waals surface area contributed by atoms with Gasteiger partial charge in [0.2, 0.25) is 5.91 Å². The van der Waals surface area contributed by atoms with E-state index in [1.165, 1.54) is 21.9 Å². The van der Waals surface area contributed by atoms with E-state index in [9.17, 15) is 14.4 Å². The number of rotatable bonds is 4. The molecule has 2 aromatic rings. The Labute approximate surface area is 104 Å². The van der Waals surface area contributed by atoms with Crippen molar-refractivity contribution in [2.24, 2.45) is 5.73 Å². The number of amides is 2. The Balaban J connectivity index is 2.20. The number of fused-ring (bicyclic) bond motifs is 1. The molecule has 2 rings (SSSR count). The predicted molar refractivity (Wildman–Crippen MR) is 62.0 cm³/mol. The zero-order valence-electron chi connectivity index (χ0n) is 8.95. The van der Waals surface area contributed by atoms with Crippen molar-refractivity contribution in [1.29, 1.82) is 0 Å². The summed E-state index contributed by atoms with van der Waals surface area (Å²) in [6.45, 7) is -0.471. The van der Waals surface area contributed by atoms with E-state index in [-0.39, 0.29) is 5.56 Å². The lowest BCUT2D eigenvalue weighted by Crippen LogP contribution is -2.33. The smallest absolute Gasteiger partial charge is 0.282 e. The van der Waals surface area contributed by atoms with Gasteiger partial charge in [-0.2, -0.15) is 0 Å². The molecule has 0 bridgehead atoms. The van der Waals surface area contributed by atoms with Crippen molar-refractivity contribution in [3.63, 3.8) is 0 Å². The van der Waals surface area contributed by atoms with E-state index in [0.29, 0.717) is 4.96 Å². The van der Waals surface area contributed by atoms with Crippen LogP contribution in [-0.4, -0.2) is 27.8 Å².